The number of anilines is 1. The lowest BCUT2D eigenvalue weighted by atomic mass is 9.97. The Morgan fingerprint density at radius 2 is 2.18 bits per heavy atom. The maximum Gasteiger partial charge on any atom is 0.240 e. The molecule has 0 aromatic heterocycles. The quantitative estimate of drug-likeness (QED) is 0.819. The Kier molecular flexibility index (Phi) is 4.54. The van der Waals surface area contributed by atoms with E-state index in [-0.39, 0.29) is 0 Å². The van der Waals surface area contributed by atoms with Crippen LogP contribution in [-0.4, -0.2) is 21.0 Å². The molecule has 0 amide bonds. The molecule has 3 rings (SSSR count). The number of nitrogens with one attached hydrogen (secondary N) is 2. The van der Waals surface area contributed by atoms with Gasteiger partial charge in [0.25, 0.3) is 0 Å². The van der Waals surface area contributed by atoms with Gasteiger partial charge in [0.1, 0.15) is 0 Å². The lowest BCUT2D eigenvalue weighted by Crippen LogP contribution is -2.25. The Bertz CT molecular complexity index is 680. The van der Waals surface area contributed by atoms with Gasteiger partial charge in [0.15, 0.2) is 0 Å². The van der Waals surface area contributed by atoms with Crippen molar-refractivity contribution in [2.24, 2.45) is 0 Å². The van der Waals surface area contributed by atoms with Gasteiger partial charge >= 0.3 is 0 Å². The summed E-state index contributed by atoms with van der Waals surface area (Å²) in [5.74, 6) is 0. The summed E-state index contributed by atoms with van der Waals surface area (Å²) in [6, 6.07) is 5.73. The number of hydrogen-bond donors (Lipinski definition) is 2. The Morgan fingerprint density at radius 1 is 1.32 bits per heavy atom. The molecule has 0 saturated carbocycles. The molecule has 120 valence electrons. The molecule has 5 heteroatoms. The molecule has 22 heavy (non-hydrogen) atoms. The van der Waals surface area contributed by atoms with Gasteiger partial charge in [-0.3, -0.25) is 0 Å². The van der Waals surface area contributed by atoms with Crippen LogP contribution in [0.3, 0.4) is 0 Å². The summed E-state index contributed by atoms with van der Waals surface area (Å²) in [7, 11) is -3.41. The molecule has 1 aliphatic carbocycles. The van der Waals surface area contributed by atoms with Gasteiger partial charge < -0.3 is 5.32 Å². The van der Waals surface area contributed by atoms with E-state index in [0.29, 0.717) is 17.5 Å². The minimum Gasteiger partial charge on any atom is -0.382 e. The molecule has 1 aromatic carbocycles. The van der Waals surface area contributed by atoms with Gasteiger partial charge in [-0.15, -0.1) is 0 Å². The number of allylic oxidation sites excluding steroid dienone is 1. The number of rotatable bonds is 5. The van der Waals surface area contributed by atoms with E-state index in [2.05, 4.69) is 23.0 Å². The molecule has 0 fully saturated rings. The number of sulfonamides is 1. The fourth-order valence-electron chi connectivity index (χ4n) is 3.25. The fourth-order valence-corrected chi connectivity index (χ4v) is 4.34. The lowest BCUT2D eigenvalue weighted by Gasteiger charge is -2.13. The van der Waals surface area contributed by atoms with Crippen LogP contribution in [0.4, 0.5) is 5.69 Å². The number of fused-ring (bicyclic) bond motifs is 1. The number of hydrogen-bond acceptors (Lipinski definition) is 3. The van der Waals surface area contributed by atoms with Crippen molar-refractivity contribution in [1.82, 2.24) is 4.72 Å². The molecular weight excluding hydrogens is 296 g/mol. The first-order valence-corrected chi connectivity index (χ1v) is 9.60. The van der Waals surface area contributed by atoms with Crippen molar-refractivity contribution in [3.8, 4) is 0 Å². The molecule has 1 aliphatic heterocycles. The van der Waals surface area contributed by atoms with E-state index in [1.165, 1.54) is 18.4 Å². The SMILES string of the molecule is CC1Cc2cc(S(=O)(=O)NCCC3=CCCCC3)ccc2N1. The monoisotopic (exact) mass is 320 g/mol. The van der Waals surface area contributed by atoms with Gasteiger partial charge in [-0.2, -0.15) is 0 Å². The van der Waals surface area contributed by atoms with Crippen LogP contribution in [0.5, 0.6) is 0 Å². The zero-order chi connectivity index (χ0) is 15.6. The average molecular weight is 320 g/mol. The van der Waals surface area contributed by atoms with Crippen LogP contribution in [0.1, 0.15) is 44.6 Å². The second-order valence-electron chi connectivity index (χ2n) is 6.32. The van der Waals surface area contributed by atoms with Crippen LogP contribution >= 0.6 is 0 Å². The van der Waals surface area contributed by atoms with Crippen molar-refractivity contribution in [3.05, 3.63) is 35.4 Å². The van der Waals surface area contributed by atoms with Gasteiger partial charge in [0.05, 0.1) is 4.90 Å². The van der Waals surface area contributed by atoms with Crippen molar-refractivity contribution >= 4 is 15.7 Å². The molecule has 0 radical (unpaired) electrons. The zero-order valence-electron chi connectivity index (χ0n) is 13.1. The Balaban J connectivity index is 1.63. The summed E-state index contributed by atoms with van der Waals surface area (Å²) >= 11 is 0. The predicted octanol–water partition coefficient (Wildman–Crippen LogP) is 3.21. The number of benzene rings is 1. The van der Waals surface area contributed by atoms with Crippen LogP contribution in [0.2, 0.25) is 0 Å². The van der Waals surface area contributed by atoms with E-state index in [0.717, 1.165) is 36.9 Å². The second kappa shape index (κ2) is 6.42. The highest BCUT2D eigenvalue weighted by Crippen LogP contribution is 2.28. The zero-order valence-corrected chi connectivity index (χ0v) is 13.9. The molecule has 0 spiro atoms. The van der Waals surface area contributed by atoms with E-state index in [9.17, 15) is 8.42 Å². The first-order chi connectivity index (χ1) is 10.5. The van der Waals surface area contributed by atoms with E-state index >= 15 is 0 Å². The summed E-state index contributed by atoms with van der Waals surface area (Å²) in [5, 5.41) is 3.34. The molecule has 0 saturated heterocycles. The highest BCUT2D eigenvalue weighted by atomic mass is 32.2. The van der Waals surface area contributed by atoms with Crippen LogP contribution in [0, 0.1) is 0 Å². The Hall–Kier alpha value is -1.33. The molecule has 2 aliphatic rings. The smallest absolute Gasteiger partial charge is 0.240 e. The molecule has 1 aromatic rings. The summed E-state index contributed by atoms with van der Waals surface area (Å²) in [5.41, 5.74) is 3.53. The van der Waals surface area contributed by atoms with Crippen molar-refractivity contribution in [3.63, 3.8) is 0 Å². The molecule has 0 bridgehead atoms. The summed E-state index contributed by atoms with van der Waals surface area (Å²) in [6.45, 7) is 2.59. The molecule has 1 unspecified atom stereocenters. The largest absolute Gasteiger partial charge is 0.382 e. The Morgan fingerprint density at radius 3 is 2.95 bits per heavy atom. The minimum absolute atomic E-state index is 0.374. The highest BCUT2D eigenvalue weighted by Gasteiger charge is 2.21. The third-order valence-electron chi connectivity index (χ3n) is 4.44. The van der Waals surface area contributed by atoms with Crippen molar-refractivity contribution in [1.29, 1.82) is 0 Å². The van der Waals surface area contributed by atoms with Gasteiger partial charge in [0.2, 0.25) is 10.0 Å². The maximum atomic E-state index is 12.4. The molecule has 2 N–H and O–H groups in total. The van der Waals surface area contributed by atoms with E-state index in [1.807, 2.05) is 6.07 Å². The van der Waals surface area contributed by atoms with Crippen LogP contribution in [0.15, 0.2) is 34.7 Å². The highest BCUT2D eigenvalue weighted by molar-refractivity contribution is 7.89. The first-order valence-electron chi connectivity index (χ1n) is 8.12. The third kappa shape index (κ3) is 3.52. The average Bonchev–Trinajstić information content (AvgIpc) is 2.87. The fraction of sp³-hybridized carbons (Fsp3) is 0.529. The van der Waals surface area contributed by atoms with Crippen LogP contribution in [0.25, 0.3) is 0 Å². The van der Waals surface area contributed by atoms with E-state index < -0.39 is 10.0 Å². The molecule has 1 heterocycles. The van der Waals surface area contributed by atoms with Gasteiger partial charge in [-0.05, 0) is 69.2 Å². The first kappa shape index (κ1) is 15.6. The van der Waals surface area contributed by atoms with E-state index in [1.54, 1.807) is 12.1 Å². The topological polar surface area (TPSA) is 58.2 Å². The van der Waals surface area contributed by atoms with Crippen molar-refractivity contribution in [2.45, 2.75) is 56.4 Å². The lowest BCUT2D eigenvalue weighted by molar-refractivity contribution is 0.579. The summed E-state index contributed by atoms with van der Waals surface area (Å²) < 4.78 is 27.5. The molecule has 4 nitrogen and oxygen atoms in total. The normalized spacial score (nSPS) is 21.1. The standard InChI is InChI=1S/C17H24N2O2S/c1-13-11-15-12-16(7-8-17(15)19-13)22(20,21)18-10-9-14-5-3-2-4-6-14/h5,7-8,12-13,18-19H,2-4,6,9-11H2,1H3. The van der Waals surface area contributed by atoms with Crippen LogP contribution in [-0.2, 0) is 16.4 Å². The second-order valence-corrected chi connectivity index (χ2v) is 8.09. The predicted molar refractivity (Wildman–Crippen MR) is 89.6 cm³/mol. The summed E-state index contributed by atoms with van der Waals surface area (Å²) in [4.78, 5) is 0.375. The van der Waals surface area contributed by atoms with Crippen molar-refractivity contribution < 1.29 is 8.42 Å². The Labute approximate surface area is 133 Å². The minimum atomic E-state index is -3.41. The van der Waals surface area contributed by atoms with Crippen LogP contribution < -0.4 is 10.0 Å². The van der Waals surface area contributed by atoms with Gasteiger partial charge in [-0.25, -0.2) is 13.1 Å². The molecular formula is C17H24N2O2S. The van der Waals surface area contributed by atoms with E-state index in [4.69, 9.17) is 0 Å². The molecule has 1 atom stereocenters. The van der Waals surface area contributed by atoms with Gasteiger partial charge in [-0.1, -0.05) is 11.6 Å². The summed E-state index contributed by atoms with van der Waals surface area (Å²) in [6.07, 6.45) is 8.71. The third-order valence-corrected chi connectivity index (χ3v) is 5.90. The maximum absolute atomic E-state index is 12.4. The van der Waals surface area contributed by atoms with Crippen molar-refractivity contribution in [2.75, 3.05) is 11.9 Å². The van der Waals surface area contributed by atoms with Gasteiger partial charge in [0, 0.05) is 18.3 Å².